The van der Waals surface area contributed by atoms with Gasteiger partial charge in [-0.2, -0.15) is 0 Å². The molecule has 1 aliphatic carbocycles. The fourth-order valence-corrected chi connectivity index (χ4v) is 6.62. The molecule has 178 valence electrons. The number of imidazole rings is 1. The van der Waals surface area contributed by atoms with Crippen molar-refractivity contribution < 1.29 is 9.50 Å². The van der Waals surface area contributed by atoms with Crippen LogP contribution in [0.4, 0.5) is 4.39 Å². The first kappa shape index (κ1) is 21.5. The van der Waals surface area contributed by atoms with E-state index in [0.29, 0.717) is 23.9 Å². The molecule has 1 aromatic carbocycles. The van der Waals surface area contributed by atoms with Crippen molar-refractivity contribution in [1.29, 1.82) is 0 Å². The van der Waals surface area contributed by atoms with E-state index in [1.165, 1.54) is 24.5 Å². The molecule has 3 fully saturated rings. The number of fused-ring (bicyclic) bond motifs is 2. The van der Waals surface area contributed by atoms with E-state index < -0.39 is 5.82 Å². The SMILES string of the molecule is CCc1cc(O)c(F)cc1C1CCC2C(C1)NNC2c1nc2c([nH]1)CN(C1CN(C)C1)CC2. The maximum atomic E-state index is 14.1. The predicted octanol–water partition coefficient (Wildman–Crippen LogP) is 2.59. The zero-order valence-electron chi connectivity index (χ0n) is 19.6. The van der Waals surface area contributed by atoms with Crippen molar-refractivity contribution in [3.05, 3.63) is 46.3 Å². The molecule has 8 heteroatoms. The summed E-state index contributed by atoms with van der Waals surface area (Å²) >= 11 is 0. The molecule has 1 aromatic heterocycles. The average molecular weight is 455 g/mol. The van der Waals surface area contributed by atoms with Crippen LogP contribution in [0.3, 0.4) is 0 Å². The first-order valence-corrected chi connectivity index (χ1v) is 12.5. The van der Waals surface area contributed by atoms with Gasteiger partial charge in [0, 0.05) is 44.7 Å². The molecule has 6 rings (SSSR count). The van der Waals surface area contributed by atoms with Crippen molar-refractivity contribution >= 4 is 0 Å². The fraction of sp³-hybridized carbons (Fsp3) is 0.640. The maximum absolute atomic E-state index is 14.1. The number of aryl methyl sites for hydroxylation is 1. The average Bonchev–Trinajstić information content (AvgIpc) is 3.41. The first-order chi connectivity index (χ1) is 16.0. The zero-order chi connectivity index (χ0) is 22.7. The maximum Gasteiger partial charge on any atom is 0.165 e. The number of likely N-dealkylation sites (N-methyl/N-ethyl adjacent to an activating group) is 1. The monoisotopic (exact) mass is 454 g/mol. The second-order valence-corrected chi connectivity index (χ2v) is 10.5. The lowest BCUT2D eigenvalue weighted by Crippen LogP contribution is -2.58. The van der Waals surface area contributed by atoms with E-state index in [1.54, 1.807) is 12.1 Å². The number of halogens is 1. The third kappa shape index (κ3) is 3.77. The first-order valence-electron chi connectivity index (χ1n) is 12.5. The van der Waals surface area contributed by atoms with Gasteiger partial charge < -0.3 is 15.0 Å². The van der Waals surface area contributed by atoms with Crippen molar-refractivity contribution in [1.82, 2.24) is 30.6 Å². The zero-order valence-corrected chi connectivity index (χ0v) is 19.6. The lowest BCUT2D eigenvalue weighted by molar-refractivity contribution is 0.0424. The summed E-state index contributed by atoms with van der Waals surface area (Å²) in [6.45, 7) is 6.47. The van der Waals surface area contributed by atoms with Crippen LogP contribution in [0.2, 0.25) is 0 Å². The number of rotatable bonds is 4. The molecule has 1 saturated carbocycles. The molecule has 7 nitrogen and oxygen atoms in total. The number of hydrogen-bond acceptors (Lipinski definition) is 6. The van der Waals surface area contributed by atoms with Gasteiger partial charge in [-0.25, -0.2) is 14.8 Å². The molecular formula is C25H35FN6O. The molecule has 0 amide bonds. The minimum Gasteiger partial charge on any atom is -0.505 e. The van der Waals surface area contributed by atoms with Crippen LogP contribution < -0.4 is 10.9 Å². The highest BCUT2D eigenvalue weighted by Gasteiger charge is 2.43. The Labute approximate surface area is 194 Å². The Kier molecular flexibility index (Phi) is 5.44. The number of nitrogens with one attached hydrogen (secondary N) is 3. The number of nitrogens with zero attached hydrogens (tertiary/aromatic N) is 3. The number of hydrazine groups is 1. The largest absolute Gasteiger partial charge is 0.505 e. The van der Waals surface area contributed by atoms with Gasteiger partial charge in [0.2, 0.25) is 0 Å². The highest BCUT2D eigenvalue weighted by Crippen LogP contribution is 2.44. The van der Waals surface area contributed by atoms with E-state index in [0.717, 1.165) is 62.1 Å². The van der Waals surface area contributed by atoms with Crippen LogP contribution in [0.25, 0.3) is 0 Å². The molecule has 4 heterocycles. The third-order valence-corrected chi connectivity index (χ3v) is 8.52. The van der Waals surface area contributed by atoms with E-state index in [4.69, 9.17) is 4.98 Å². The van der Waals surface area contributed by atoms with Crippen molar-refractivity contribution in [2.45, 2.75) is 69.6 Å². The third-order valence-electron chi connectivity index (χ3n) is 8.52. The van der Waals surface area contributed by atoms with Gasteiger partial charge in [-0.15, -0.1) is 0 Å². The minimum absolute atomic E-state index is 0.187. The van der Waals surface area contributed by atoms with Crippen LogP contribution in [-0.2, 0) is 19.4 Å². The van der Waals surface area contributed by atoms with Gasteiger partial charge >= 0.3 is 0 Å². The predicted molar refractivity (Wildman–Crippen MR) is 124 cm³/mol. The summed E-state index contributed by atoms with van der Waals surface area (Å²) in [6.07, 6.45) is 4.89. The van der Waals surface area contributed by atoms with Gasteiger partial charge in [-0.05, 0) is 67.8 Å². The minimum atomic E-state index is -0.511. The number of benzene rings is 1. The molecule has 4 N–H and O–H groups in total. The lowest BCUT2D eigenvalue weighted by Gasteiger charge is -2.44. The summed E-state index contributed by atoms with van der Waals surface area (Å²) in [4.78, 5) is 13.7. The van der Waals surface area contributed by atoms with Gasteiger partial charge in [0.05, 0.1) is 17.4 Å². The molecule has 0 bridgehead atoms. The van der Waals surface area contributed by atoms with Crippen molar-refractivity contribution in [3.8, 4) is 5.75 Å². The van der Waals surface area contributed by atoms with Crippen molar-refractivity contribution in [2.24, 2.45) is 5.92 Å². The summed E-state index contributed by atoms with van der Waals surface area (Å²) in [5.41, 5.74) is 11.7. The van der Waals surface area contributed by atoms with E-state index >= 15 is 0 Å². The van der Waals surface area contributed by atoms with Gasteiger partial charge in [-0.1, -0.05) is 6.92 Å². The second-order valence-electron chi connectivity index (χ2n) is 10.5. The summed E-state index contributed by atoms with van der Waals surface area (Å²) in [6, 6.07) is 4.37. The Morgan fingerprint density at radius 3 is 2.85 bits per heavy atom. The Morgan fingerprint density at radius 1 is 1.21 bits per heavy atom. The summed E-state index contributed by atoms with van der Waals surface area (Å²) in [5.74, 6) is 1.09. The summed E-state index contributed by atoms with van der Waals surface area (Å²) < 4.78 is 14.1. The number of phenols is 1. The Bertz CT molecular complexity index is 1030. The highest BCUT2D eigenvalue weighted by atomic mass is 19.1. The van der Waals surface area contributed by atoms with Gasteiger partial charge in [0.15, 0.2) is 11.6 Å². The van der Waals surface area contributed by atoms with Crippen LogP contribution in [0, 0.1) is 11.7 Å². The molecule has 4 unspecified atom stereocenters. The number of phenolic OH excluding ortho intramolecular Hbond substituents is 1. The smallest absolute Gasteiger partial charge is 0.165 e. The number of likely N-dealkylation sites (tertiary alicyclic amines) is 1. The Balaban J connectivity index is 1.15. The highest BCUT2D eigenvalue weighted by molar-refractivity contribution is 5.39. The number of aromatic hydroxyl groups is 1. The summed E-state index contributed by atoms with van der Waals surface area (Å²) in [7, 11) is 2.19. The molecule has 2 aromatic rings. The molecule has 0 radical (unpaired) electrons. The Morgan fingerprint density at radius 2 is 2.06 bits per heavy atom. The number of aromatic amines is 1. The number of aromatic nitrogens is 2. The van der Waals surface area contributed by atoms with E-state index in [-0.39, 0.29) is 11.8 Å². The van der Waals surface area contributed by atoms with Gasteiger partial charge in [-0.3, -0.25) is 10.3 Å². The van der Waals surface area contributed by atoms with Crippen LogP contribution in [-0.4, -0.2) is 63.6 Å². The number of H-pyrrole nitrogens is 1. The quantitative estimate of drug-likeness (QED) is 0.569. The summed E-state index contributed by atoms with van der Waals surface area (Å²) in [5, 5.41) is 9.80. The van der Waals surface area contributed by atoms with Crippen LogP contribution in [0.5, 0.6) is 5.75 Å². The molecule has 4 aliphatic rings. The normalized spacial score (nSPS) is 30.8. The molecule has 0 spiro atoms. The Hall–Kier alpha value is -2.00. The van der Waals surface area contributed by atoms with E-state index in [2.05, 4.69) is 39.6 Å². The van der Waals surface area contributed by atoms with Crippen LogP contribution in [0.15, 0.2) is 12.1 Å². The van der Waals surface area contributed by atoms with Gasteiger partial charge in [0.25, 0.3) is 0 Å². The lowest BCUT2D eigenvalue weighted by atomic mass is 9.73. The fourth-order valence-electron chi connectivity index (χ4n) is 6.62. The molecule has 3 aliphatic heterocycles. The topological polar surface area (TPSA) is 79.4 Å². The molecule has 33 heavy (non-hydrogen) atoms. The standard InChI is InChI=1S/C25H35FN6O/c1-3-14-9-23(33)19(26)10-18(14)15-4-5-17-21(8-15)29-30-24(17)25-27-20-6-7-32(13-22(20)28-25)16-11-31(2)12-16/h9-10,15-17,21,24,29-30,33H,3-8,11-13H2,1-2H3,(H,27,28). The van der Waals surface area contributed by atoms with E-state index in [9.17, 15) is 9.50 Å². The van der Waals surface area contributed by atoms with Crippen molar-refractivity contribution in [2.75, 3.05) is 26.7 Å². The molecular weight excluding hydrogens is 419 g/mol. The molecule has 2 saturated heterocycles. The molecule has 4 atom stereocenters. The second kappa shape index (κ2) is 8.34. The number of hydrogen-bond donors (Lipinski definition) is 4. The van der Waals surface area contributed by atoms with E-state index in [1.807, 2.05) is 0 Å². The van der Waals surface area contributed by atoms with Gasteiger partial charge in [0.1, 0.15) is 5.82 Å². The van der Waals surface area contributed by atoms with Crippen LogP contribution >= 0.6 is 0 Å². The van der Waals surface area contributed by atoms with Crippen LogP contribution in [0.1, 0.15) is 66.5 Å². The van der Waals surface area contributed by atoms with Crippen molar-refractivity contribution in [3.63, 3.8) is 0 Å².